The normalized spacial score (nSPS) is 17.4. The number of nitrogens with two attached hydrogens (primary N) is 1. The third-order valence-corrected chi connectivity index (χ3v) is 3.49. The van der Waals surface area contributed by atoms with Gasteiger partial charge in [-0.1, -0.05) is 18.2 Å². The molecule has 1 amide bonds. The fourth-order valence-corrected chi connectivity index (χ4v) is 2.33. The van der Waals surface area contributed by atoms with Crippen molar-refractivity contribution in [2.75, 3.05) is 44.7 Å². The van der Waals surface area contributed by atoms with Crippen LogP contribution in [0.25, 0.3) is 0 Å². The van der Waals surface area contributed by atoms with Crippen LogP contribution in [0.15, 0.2) is 30.3 Å². The minimum atomic E-state index is -0.511. The van der Waals surface area contributed by atoms with Crippen LogP contribution in [0.1, 0.15) is 0 Å². The molecule has 1 aromatic rings. The molecule has 2 rings (SSSR count). The van der Waals surface area contributed by atoms with E-state index in [1.807, 2.05) is 23.1 Å². The van der Waals surface area contributed by atoms with E-state index in [4.69, 9.17) is 10.5 Å². The number of nitrogens with zero attached hydrogens (tertiary/aromatic N) is 2. The SMILES string of the molecule is COC(CN)C(=O)N1CCN(c2ccccc2)CC1. The molecule has 1 saturated heterocycles. The van der Waals surface area contributed by atoms with Crippen LogP contribution in [0.2, 0.25) is 0 Å². The Morgan fingerprint density at radius 1 is 1.26 bits per heavy atom. The first-order valence-corrected chi connectivity index (χ1v) is 6.58. The number of carbonyl (C=O) groups excluding carboxylic acids is 1. The standard InChI is InChI=1S/C14H21N3O2/c1-19-13(11-15)14(18)17-9-7-16(8-10-17)12-5-3-2-4-6-12/h2-6,13H,7-11,15H2,1H3. The molecule has 0 saturated carbocycles. The number of amides is 1. The summed E-state index contributed by atoms with van der Waals surface area (Å²) in [4.78, 5) is 16.2. The van der Waals surface area contributed by atoms with Crippen molar-refractivity contribution in [2.45, 2.75) is 6.10 Å². The summed E-state index contributed by atoms with van der Waals surface area (Å²) in [6, 6.07) is 10.3. The molecule has 0 radical (unpaired) electrons. The van der Waals surface area contributed by atoms with Gasteiger partial charge in [-0.15, -0.1) is 0 Å². The zero-order valence-electron chi connectivity index (χ0n) is 11.3. The van der Waals surface area contributed by atoms with Gasteiger partial charge in [-0.25, -0.2) is 0 Å². The lowest BCUT2D eigenvalue weighted by atomic mass is 10.2. The minimum absolute atomic E-state index is 0.00212. The van der Waals surface area contributed by atoms with Crippen LogP contribution in [0.4, 0.5) is 5.69 Å². The van der Waals surface area contributed by atoms with Crippen LogP contribution < -0.4 is 10.6 Å². The summed E-state index contributed by atoms with van der Waals surface area (Å²) in [6.07, 6.45) is -0.511. The van der Waals surface area contributed by atoms with Crippen LogP contribution in [-0.4, -0.2) is 56.7 Å². The quantitative estimate of drug-likeness (QED) is 0.849. The van der Waals surface area contributed by atoms with E-state index in [2.05, 4.69) is 17.0 Å². The molecule has 5 nitrogen and oxygen atoms in total. The second-order valence-electron chi connectivity index (χ2n) is 4.61. The summed E-state index contributed by atoms with van der Waals surface area (Å²) in [6.45, 7) is 3.35. The highest BCUT2D eigenvalue weighted by atomic mass is 16.5. The van der Waals surface area contributed by atoms with Gasteiger partial charge in [0.25, 0.3) is 5.91 Å². The zero-order chi connectivity index (χ0) is 13.7. The van der Waals surface area contributed by atoms with Crippen LogP contribution in [0.3, 0.4) is 0 Å². The molecule has 104 valence electrons. The van der Waals surface area contributed by atoms with E-state index >= 15 is 0 Å². The molecular formula is C14H21N3O2. The minimum Gasteiger partial charge on any atom is -0.370 e. The molecule has 0 spiro atoms. The average molecular weight is 263 g/mol. The maximum Gasteiger partial charge on any atom is 0.253 e. The number of benzene rings is 1. The van der Waals surface area contributed by atoms with Gasteiger partial charge in [0.05, 0.1) is 0 Å². The highest BCUT2D eigenvalue weighted by molar-refractivity contribution is 5.81. The van der Waals surface area contributed by atoms with Gasteiger partial charge >= 0.3 is 0 Å². The number of hydrogen-bond donors (Lipinski definition) is 1. The Morgan fingerprint density at radius 3 is 2.42 bits per heavy atom. The molecule has 1 heterocycles. The van der Waals surface area contributed by atoms with Gasteiger partial charge in [-0.3, -0.25) is 4.79 Å². The summed E-state index contributed by atoms with van der Waals surface area (Å²) in [5.74, 6) is -0.00212. The van der Waals surface area contributed by atoms with Gasteiger partial charge < -0.3 is 20.3 Å². The molecule has 19 heavy (non-hydrogen) atoms. The van der Waals surface area contributed by atoms with Gasteiger partial charge in [0.1, 0.15) is 6.10 Å². The smallest absolute Gasteiger partial charge is 0.253 e. The monoisotopic (exact) mass is 263 g/mol. The van der Waals surface area contributed by atoms with Crippen LogP contribution in [0, 0.1) is 0 Å². The molecule has 5 heteroatoms. The van der Waals surface area contributed by atoms with E-state index in [1.165, 1.54) is 12.8 Å². The predicted octanol–water partition coefficient (Wildman–Crippen LogP) is 0.309. The van der Waals surface area contributed by atoms with Crippen molar-refractivity contribution in [1.29, 1.82) is 0 Å². The first-order valence-electron chi connectivity index (χ1n) is 6.58. The van der Waals surface area contributed by atoms with E-state index in [0.717, 1.165) is 13.1 Å². The fraction of sp³-hybridized carbons (Fsp3) is 0.500. The highest BCUT2D eigenvalue weighted by Gasteiger charge is 2.26. The molecule has 1 aromatic carbocycles. The Hall–Kier alpha value is -1.59. The summed E-state index contributed by atoms with van der Waals surface area (Å²) in [5.41, 5.74) is 6.73. The lowest BCUT2D eigenvalue weighted by Crippen LogP contribution is -2.53. The maximum absolute atomic E-state index is 12.1. The molecular weight excluding hydrogens is 242 g/mol. The van der Waals surface area contributed by atoms with Crippen molar-refractivity contribution in [3.8, 4) is 0 Å². The predicted molar refractivity (Wildman–Crippen MR) is 75.1 cm³/mol. The molecule has 1 unspecified atom stereocenters. The molecule has 0 aliphatic carbocycles. The van der Waals surface area contributed by atoms with Gasteiger partial charge in [0.2, 0.25) is 0 Å². The summed E-state index contributed by atoms with van der Waals surface area (Å²) in [7, 11) is 1.52. The van der Waals surface area contributed by atoms with Crippen LogP contribution >= 0.6 is 0 Å². The number of para-hydroxylation sites is 1. The van der Waals surface area contributed by atoms with Crippen molar-refractivity contribution in [3.05, 3.63) is 30.3 Å². The zero-order valence-corrected chi connectivity index (χ0v) is 11.3. The van der Waals surface area contributed by atoms with E-state index < -0.39 is 6.10 Å². The Bertz CT molecular complexity index is 398. The Balaban J connectivity index is 1.91. The number of anilines is 1. The molecule has 1 fully saturated rings. The third-order valence-electron chi connectivity index (χ3n) is 3.49. The fourth-order valence-electron chi connectivity index (χ4n) is 2.33. The van der Waals surface area contributed by atoms with Crippen molar-refractivity contribution in [1.82, 2.24) is 4.90 Å². The van der Waals surface area contributed by atoms with Gasteiger partial charge in [-0.2, -0.15) is 0 Å². The van der Waals surface area contributed by atoms with E-state index in [9.17, 15) is 4.79 Å². The lowest BCUT2D eigenvalue weighted by molar-refractivity contribution is -0.141. The van der Waals surface area contributed by atoms with Crippen LogP contribution in [0.5, 0.6) is 0 Å². The summed E-state index contributed by atoms with van der Waals surface area (Å²) in [5, 5.41) is 0. The molecule has 1 atom stereocenters. The summed E-state index contributed by atoms with van der Waals surface area (Å²) < 4.78 is 5.10. The van der Waals surface area contributed by atoms with Crippen LogP contribution in [-0.2, 0) is 9.53 Å². The Labute approximate surface area is 113 Å². The largest absolute Gasteiger partial charge is 0.370 e. The maximum atomic E-state index is 12.1. The number of rotatable bonds is 4. The molecule has 1 aliphatic rings. The van der Waals surface area contributed by atoms with Gasteiger partial charge in [0, 0.05) is 45.5 Å². The topological polar surface area (TPSA) is 58.8 Å². The average Bonchev–Trinajstić information content (AvgIpc) is 2.49. The van der Waals surface area contributed by atoms with Crippen molar-refractivity contribution < 1.29 is 9.53 Å². The number of carbonyl (C=O) groups is 1. The van der Waals surface area contributed by atoms with Gasteiger partial charge in [-0.05, 0) is 12.1 Å². The Kier molecular flexibility index (Phi) is 4.76. The van der Waals surface area contributed by atoms with Crippen molar-refractivity contribution in [2.24, 2.45) is 5.73 Å². The van der Waals surface area contributed by atoms with Crippen molar-refractivity contribution >= 4 is 11.6 Å². The molecule has 1 aliphatic heterocycles. The summed E-state index contributed by atoms with van der Waals surface area (Å²) >= 11 is 0. The van der Waals surface area contributed by atoms with E-state index in [0.29, 0.717) is 13.1 Å². The molecule has 0 aromatic heterocycles. The second kappa shape index (κ2) is 6.54. The van der Waals surface area contributed by atoms with Gasteiger partial charge in [0.15, 0.2) is 0 Å². The van der Waals surface area contributed by atoms with E-state index in [1.54, 1.807) is 0 Å². The second-order valence-corrected chi connectivity index (χ2v) is 4.61. The lowest BCUT2D eigenvalue weighted by Gasteiger charge is -2.37. The number of methoxy groups -OCH3 is 1. The van der Waals surface area contributed by atoms with E-state index in [-0.39, 0.29) is 12.5 Å². The Morgan fingerprint density at radius 2 is 1.89 bits per heavy atom. The highest BCUT2D eigenvalue weighted by Crippen LogP contribution is 2.16. The first-order chi connectivity index (χ1) is 9.26. The third kappa shape index (κ3) is 3.24. The molecule has 2 N–H and O–H groups in total. The number of piperazine rings is 1. The first kappa shape index (κ1) is 13.8. The van der Waals surface area contributed by atoms with Crippen molar-refractivity contribution in [3.63, 3.8) is 0 Å². The molecule has 0 bridgehead atoms. The number of ether oxygens (including phenoxy) is 1. The number of hydrogen-bond acceptors (Lipinski definition) is 4.